The molecule has 0 fully saturated rings. The molecule has 0 aliphatic carbocycles. The lowest BCUT2D eigenvalue weighted by molar-refractivity contribution is 0.0530. The van der Waals surface area contributed by atoms with E-state index in [0.29, 0.717) is 0 Å². The Kier molecular flexibility index (Phi) is 7.42. The first-order chi connectivity index (χ1) is 10.8. The summed E-state index contributed by atoms with van der Waals surface area (Å²) in [5.41, 5.74) is 2.33. The average molecular weight is 317 g/mol. The van der Waals surface area contributed by atoms with Crippen molar-refractivity contribution in [2.75, 3.05) is 0 Å². The molecule has 0 aromatic carbocycles. The Morgan fingerprint density at radius 2 is 1.87 bits per heavy atom. The fraction of sp³-hybridized carbons (Fsp3) is 0.650. The summed E-state index contributed by atoms with van der Waals surface area (Å²) in [7, 11) is 0. The highest BCUT2D eigenvalue weighted by molar-refractivity contribution is 5.74. The van der Waals surface area contributed by atoms with E-state index >= 15 is 0 Å². The highest BCUT2D eigenvalue weighted by atomic mass is 16.6. The van der Waals surface area contributed by atoms with Crippen LogP contribution in [0.15, 0.2) is 6.07 Å². The van der Waals surface area contributed by atoms with E-state index in [2.05, 4.69) is 25.7 Å². The molecule has 0 bridgehead atoms. The molecule has 3 heteroatoms. The lowest BCUT2D eigenvalue weighted by Crippen LogP contribution is -2.28. The van der Waals surface area contributed by atoms with E-state index in [9.17, 15) is 4.79 Å². The Balaban J connectivity index is 3.11. The minimum Gasteiger partial charge on any atom is -0.443 e. The Morgan fingerprint density at radius 1 is 1.22 bits per heavy atom. The molecule has 0 saturated heterocycles. The molecule has 0 N–H and O–H groups in total. The van der Waals surface area contributed by atoms with Crippen LogP contribution in [-0.2, 0) is 11.2 Å². The molecule has 0 spiro atoms. The van der Waals surface area contributed by atoms with Gasteiger partial charge in [0.2, 0.25) is 0 Å². The summed E-state index contributed by atoms with van der Waals surface area (Å²) < 4.78 is 7.26. The molecule has 1 aromatic heterocycles. The molecule has 3 nitrogen and oxygen atoms in total. The summed E-state index contributed by atoms with van der Waals surface area (Å²) in [5.74, 6) is 6.44. The van der Waals surface area contributed by atoms with Gasteiger partial charge in [0.05, 0.1) is 0 Å². The van der Waals surface area contributed by atoms with Gasteiger partial charge in [-0.15, -0.1) is 0 Å². The molecule has 1 heterocycles. The van der Waals surface area contributed by atoms with Crippen LogP contribution in [0.2, 0.25) is 0 Å². The summed E-state index contributed by atoms with van der Waals surface area (Å²) >= 11 is 0. The predicted octanol–water partition coefficient (Wildman–Crippen LogP) is 5.46. The third-order valence-electron chi connectivity index (χ3n) is 3.56. The molecule has 0 aliphatic rings. The van der Waals surface area contributed by atoms with Gasteiger partial charge in [0.1, 0.15) is 5.60 Å². The first-order valence-electron chi connectivity index (χ1n) is 8.73. The Hall–Kier alpha value is -1.69. The van der Waals surface area contributed by atoms with Gasteiger partial charge < -0.3 is 4.74 Å². The normalized spacial score (nSPS) is 11.0. The van der Waals surface area contributed by atoms with Crippen LogP contribution in [0, 0.1) is 18.8 Å². The highest BCUT2D eigenvalue weighted by Crippen LogP contribution is 2.20. The predicted molar refractivity (Wildman–Crippen MR) is 95.8 cm³/mol. The summed E-state index contributed by atoms with van der Waals surface area (Å²) in [6, 6.07) is 2.05. The molecule has 0 amide bonds. The van der Waals surface area contributed by atoms with Gasteiger partial charge in [0.25, 0.3) is 0 Å². The maximum absolute atomic E-state index is 12.5. The molecule has 128 valence electrons. The molecule has 0 radical (unpaired) electrons. The number of ether oxygens (including phenoxy) is 1. The minimum atomic E-state index is -0.497. The quantitative estimate of drug-likeness (QED) is 0.533. The first-order valence-corrected chi connectivity index (χ1v) is 8.73. The number of carbonyl (C=O) groups excluding carboxylic acids is 1. The van der Waals surface area contributed by atoms with Gasteiger partial charge in [-0.3, -0.25) is 4.57 Å². The van der Waals surface area contributed by atoms with E-state index in [1.807, 2.05) is 33.8 Å². The van der Waals surface area contributed by atoms with E-state index in [1.165, 1.54) is 0 Å². The van der Waals surface area contributed by atoms with E-state index < -0.39 is 5.60 Å². The Morgan fingerprint density at radius 3 is 2.43 bits per heavy atom. The number of carbonyl (C=O) groups is 1. The minimum absolute atomic E-state index is 0.303. The van der Waals surface area contributed by atoms with Crippen molar-refractivity contribution in [2.24, 2.45) is 0 Å². The van der Waals surface area contributed by atoms with Crippen molar-refractivity contribution in [2.45, 2.75) is 85.7 Å². The lowest BCUT2D eigenvalue weighted by atomic mass is 10.2. The number of aromatic nitrogens is 1. The second-order valence-electron chi connectivity index (χ2n) is 6.96. The largest absolute Gasteiger partial charge is 0.443 e. The van der Waals surface area contributed by atoms with Gasteiger partial charge in [-0.1, -0.05) is 38.5 Å². The molecular weight excluding hydrogens is 286 g/mol. The number of hydrogen-bond acceptors (Lipinski definition) is 2. The van der Waals surface area contributed by atoms with E-state index in [-0.39, 0.29) is 6.09 Å². The van der Waals surface area contributed by atoms with Gasteiger partial charge in [-0.25, -0.2) is 4.79 Å². The lowest BCUT2D eigenvalue weighted by Gasteiger charge is -2.21. The third-order valence-corrected chi connectivity index (χ3v) is 3.56. The van der Waals surface area contributed by atoms with Crippen molar-refractivity contribution in [1.29, 1.82) is 0 Å². The number of unbranched alkanes of at least 4 members (excludes halogenated alkanes) is 3. The average Bonchev–Trinajstić information content (AvgIpc) is 2.76. The molecule has 1 aromatic rings. The van der Waals surface area contributed by atoms with Gasteiger partial charge in [0.15, 0.2) is 0 Å². The summed E-state index contributed by atoms with van der Waals surface area (Å²) in [4.78, 5) is 12.5. The molecule has 1 rings (SSSR count). The van der Waals surface area contributed by atoms with E-state index in [4.69, 9.17) is 4.74 Å². The maximum atomic E-state index is 12.5. The number of hydrogen-bond donors (Lipinski definition) is 0. The van der Waals surface area contributed by atoms with Crippen LogP contribution in [0.25, 0.3) is 0 Å². The van der Waals surface area contributed by atoms with Gasteiger partial charge in [-0.05, 0) is 53.0 Å². The zero-order chi connectivity index (χ0) is 17.5. The van der Waals surface area contributed by atoms with E-state index in [0.717, 1.165) is 55.5 Å². The van der Waals surface area contributed by atoms with Crippen molar-refractivity contribution in [1.82, 2.24) is 4.57 Å². The maximum Gasteiger partial charge on any atom is 0.418 e. The molecule has 23 heavy (non-hydrogen) atoms. The van der Waals surface area contributed by atoms with Crippen LogP contribution in [0.3, 0.4) is 0 Å². The van der Waals surface area contributed by atoms with Crippen LogP contribution in [0.5, 0.6) is 0 Å². The van der Waals surface area contributed by atoms with Crippen molar-refractivity contribution in [3.63, 3.8) is 0 Å². The molecule has 0 aliphatic heterocycles. The number of nitrogens with zero attached hydrogens (tertiary/aromatic N) is 1. The number of rotatable bonds is 5. The monoisotopic (exact) mass is 317 g/mol. The second kappa shape index (κ2) is 8.82. The molecule has 0 unspecified atom stereocenters. The summed E-state index contributed by atoms with van der Waals surface area (Å²) in [6.45, 7) is 11.9. The van der Waals surface area contributed by atoms with Crippen molar-refractivity contribution < 1.29 is 9.53 Å². The Labute approximate surface area is 141 Å². The van der Waals surface area contributed by atoms with Crippen LogP contribution in [-0.4, -0.2) is 16.3 Å². The summed E-state index contributed by atoms with van der Waals surface area (Å²) in [5, 5.41) is 0. The zero-order valence-corrected chi connectivity index (χ0v) is 15.6. The molecule has 0 atom stereocenters. The van der Waals surface area contributed by atoms with Crippen molar-refractivity contribution >= 4 is 6.09 Å². The highest BCUT2D eigenvalue weighted by Gasteiger charge is 2.22. The second-order valence-corrected chi connectivity index (χ2v) is 6.96. The van der Waals surface area contributed by atoms with Crippen LogP contribution in [0.4, 0.5) is 4.79 Å². The van der Waals surface area contributed by atoms with Crippen LogP contribution in [0.1, 0.15) is 83.7 Å². The zero-order valence-electron chi connectivity index (χ0n) is 15.6. The number of aryl methyl sites for hydroxylation is 1. The van der Waals surface area contributed by atoms with Gasteiger partial charge in [0, 0.05) is 23.4 Å². The smallest absolute Gasteiger partial charge is 0.418 e. The standard InChI is InChI=1S/C20H31NO2/c1-7-9-11-12-13-17-15-18(14-10-8-2)21(16(17)3)19(22)23-20(4,5)6/h15H,7-11,14H2,1-6H3. The Bertz CT molecular complexity index is 579. The van der Waals surface area contributed by atoms with Crippen molar-refractivity contribution in [3.05, 3.63) is 23.0 Å². The van der Waals surface area contributed by atoms with Crippen molar-refractivity contribution in [3.8, 4) is 11.8 Å². The molecule has 0 saturated carbocycles. The third kappa shape index (κ3) is 6.14. The van der Waals surface area contributed by atoms with Gasteiger partial charge in [-0.2, -0.15) is 0 Å². The van der Waals surface area contributed by atoms with E-state index in [1.54, 1.807) is 4.57 Å². The van der Waals surface area contributed by atoms with Gasteiger partial charge >= 0.3 is 6.09 Å². The topological polar surface area (TPSA) is 31.2 Å². The first kappa shape index (κ1) is 19.4. The summed E-state index contributed by atoms with van der Waals surface area (Å²) in [6.07, 6.45) is 5.87. The molecular formula is C20H31NO2. The van der Waals surface area contributed by atoms with Crippen LogP contribution < -0.4 is 0 Å². The van der Waals surface area contributed by atoms with Crippen LogP contribution >= 0.6 is 0 Å². The fourth-order valence-electron chi connectivity index (χ4n) is 2.32. The SMILES string of the molecule is CCCCC#Cc1cc(CCCC)n(C(=O)OC(C)(C)C)c1C. The fourth-order valence-corrected chi connectivity index (χ4v) is 2.32.